The SMILES string of the molecule is Cc1cc(C)c(-c2ccc3c(c2)[CH]([Ti+2]([C]2=CC=CC2)=[C](c2ccccc2)c2ccccc2)c2cc(-c4c(C)cc(C)cc4C)ccc2-3)c(C)c1.[Cl-].[Cl-]. The molecule has 3 heteroatoms. The zero-order chi connectivity index (χ0) is 34.5. The first-order chi connectivity index (χ1) is 24.3. The molecule has 0 atom stereocenters. The van der Waals surface area contributed by atoms with Crippen molar-refractivity contribution in [3.63, 3.8) is 0 Å². The molecule has 0 aliphatic heterocycles. The monoisotopic (exact) mass is 750 g/mol. The third-order valence-electron chi connectivity index (χ3n) is 10.7. The van der Waals surface area contributed by atoms with Crippen LogP contribution in [0.4, 0.5) is 0 Å². The zero-order valence-corrected chi connectivity index (χ0v) is 33.9. The summed E-state index contributed by atoms with van der Waals surface area (Å²) in [7, 11) is 0. The minimum Gasteiger partial charge on any atom is -1.00 e. The predicted octanol–water partition coefficient (Wildman–Crippen LogP) is 6.68. The van der Waals surface area contributed by atoms with Gasteiger partial charge in [0.25, 0.3) is 0 Å². The fraction of sp³-hybridized carbons (Fsp3) is 0.163. The van der Waals surface area contributed by atoms with E-state index in [0.717, 1.165) is 6.42 Å². The number of benzene rings is 6. The third kappa shape index (κ3) is 6.79. The molecule has 0 unspecified atom stereocenters. The van der Waals surface area contributed by atoms with Crippen molar-refractivity contribution in [2.75, 3.05) is 0 Å². The number of aryl methyl sites for hydroxylation is 6. The Hall–Kier alpha value is -4.04. The molecular weight excluding hydrogens is 707 g/mol. The molecule has 0 fully saturated rings. The largest absolute Gasteiger partial charge is 1.00 e. The Kier molecular flexibility index (Phi) is 11.3. The van der Waals surface area contributed by atoms with Gasteiger partial charge in [-0.3, -0.25) is 0 Å². The molecule has 52 heavy (non-hydrogen) atoms. The Morgan fingerprint density at radius 3 is 1.33 bits per heavy atom. The maximum Gasteiger partial charge on any atom is -1.00 e. The van der Waals surface area contributed by atoms with Gasteiger partial charge < -0.3 is 24.8 Å². The molecule has 0 saturated heterocycles. The van der Waals surface area contributed by atoms with E-state index in [1.807, 2.05) is 0 Å². The Labute approximate surface area is 328 Å². The quantitative estimate of drug-likeness (QED) is 0.167. The minimum absolute atomic E-state index is 0. The summed E-state index contributed by atoms with van der Waals surface area (Å²) in [5.74, 6) is 0. The zero-order valence-electron chi connectivity index (χ0n) is 30.8. The Morgan fingerprint density at radius 1 is 0.519 bits per heavy atom. The molecule has 0 saturated carbocycles. The molecule has 0 bridgehead atoms. The molecule has 2 aliphatic carbocycles. The molecule has 0 spiro atoms. The standard InChI is InChI=1S/C31H29.C13H10.C5H5.2ClH.Ti/c1-18-11-20(3)30(21(4)12-18)24-7-9-28-26(15-24)17-27-16-25(8-10-29(27)28)31-22(5)13-19(2)14-23(31)6;1-3-7-12(8-4-1)11-13-9-5-2-6-10-13;1-2-4-5-3-1;;;/h7-17H,1-6H3;1-10H;1-3H,4H2;2*1H;/q;;;;;+2/p-2. The van der Waals surface area contributed by atoms with Crippen molar-refractivity contribution in [1.82, 2.24) is 0 Å². The third-order valence-corrected chi connectivity index (χ3v) is 16.0. The summed E-state index contributed by atoms with van der Waals surface area (Å²) in [6.45, 7) is 13.5. The number of rotatable bonds is 6. The fourth-order valence-electron chi connectivity index (χ4n) is 8.98. The van der Waals surface area contributed by atoms with Gasteiger partial charge in [-0.05, 0) is 0 Å². The van der Waals surface area contributed by atoms with Gasteiger partial charge in [0.2, 0.25) is 0 Å². The van der Waals surface area contributed by atoms with Crippen molar-refractivity contribution in [3.8, 4) is 33.4 Å². The van der Waals surface area contributed by atoms with Crippen LogP contribution in [0.25, 0.3) is 33.4 Å². The van der Waals surface area contributed by atoms with Crippen LogP contribution in [-0.2, 0) is 17.4 Å². The van der Waals surface area contributed by atoms with Gasteiger partial charge in [0.15, 0.2) is 0 Å². The van der Waals surface area contributed by atoms with Gasteiger partial charge in [0.1, 0.15) is 0 Å². The van der Waals surface area contributed by atoms with Crippen LogP contribution in [0.3, 0.4) is 0 Å². The van der Waals surface area contributed by atoms with E-state index in [1.54, 1.807) is 7.69 Å². The summed E-state index contributed by atoms with van der Waals surface area (Å²) in [4.78, 5) is 0. The van der Waals surface area contributed by atoms with E-state index < -0.39 is 17.4 Å². The van der Waals surface area contributed by atoms with Gasteiger partial charge in [-0.1, -0.05) is 0 Å². The second-order valence-corrected chi connectivity index (χ2v) is 18.4. The molecular formula is C49H44Cl2Ti. The first kappa shape index (κ1) is 37.7. The summed E-state index contributed by atoms with van der Waals surface area (Å²) in [6.07, 6.45) is 8.18. The number of fused-ring (bicyclic) bond motifs is 3. The molecule has 6 aromatic rings. The summed E-state index contributed by atoms with van der Waals surface area (Å²) >= 11 is -2.38. The van der Waals surface area contributed by atoms with Gasteiger partial charge >= 0.3 is 306 Å². The number of allylic oxidation sites excluding steroid dienone is 4. The van der Waals surface area contributed by atoms with Gasteiger partial charge in [-0.2, -0.15) is 0 Å². The molecule has 0 radical (unpaired) electrons. The normalized spacial score (nSPS) is 12.6. The Balaban J connectivity index is 0.00000232. The van der Waals surface area contributed by atoms with Gasteiger partial charge in [-0.25, -0.2) is 0 Å². The van der Waals surface area contributed by atoms with Crippen molar-refractivity contribution in [1.29, 1.82) is 0 Å². The van der Waals surface area contributed by atoms with Gasteiger partial charge in [0.05, 0.1) is 0 Å². The van der Waals surface area contributed by atoms with E-state index >= 15 is 0 Å². The molecule has 0 aromatic heterocycles. The van der Waals surface area contributed by atoms with Gasteiger partial charge in [-0.15, -0.1) is 0 Å². The first-order valence-electron chi connectivity index (χ1n) is 17.9. The average Bonchev–Trinajstić information content (AvgIpc) is 3.74. The fourth-order valence-corrected chi connectivity index (χ4v) is 14.7. The van der Waals surface area contributed by atoms with Crippen LogP contribution in [0.1, 0.15) is 66.3 Å². The van der Waals surface area contributed by atoms with Crippen LogP contribution in [0.15, 0.2) is 143 Å². The first-order valence-corrected chi connectivity index (χ1v) is 20.4. The molecule has 0 N–H and O–H groups in total. The van der Waals surface area contributed by atoms with E-state index in [9.17, 15) is 0 Å². The maximum absolute atomic E-state index is 2.58. The summed E-state index contributed by atoms with van der Waals surface area (Å²) in [5, 5.41) is 0. The van der Waals surface area contributed by atoms with E-state index in [-0.39, 0.29) is 24.8 Å². The van der Waals surface area contributed by atoms with E-state index in [4.69, 9.17) is 0 Å². The van der Waals surface area contributed by atoms with Crippen LogP contribution >= 0.6 is 0 Å². The average molecular weight is 752 g/mol. The van der Waals surface area contributed by atoms with Crippen molar-refractivity contribution in [2.45, 2.75) is 52.2 Å². The Morgan fingerprint density at radius 2 is 0.942 bits per heavy atom. The smallest absolute Gasteiger partial charge is 1.00 e. The Bertz CT molecular complexity index is 2200. The molecule has 258 valence electrons. The van der Waals surface area contributed by atoms with Crippen LogP contribution in [-0.4, -0.2) is 3.81 Å². The van der Waals surface area contributed by atoms with E-state index in [0.29, 0.717) is 4.22 Å². The maximum atomic E-state index is 2.58. The van der Waals surface area contributed by atoms with Crippen LogP contribution in [0, 0.1) is 41.5 Å². The molecule has 6 aromatic carbocycles. The van der Waals surface area contributed by atoms with Crippen molar-refractivity contribution in [3.05, 3.63) is 199 Å². The van der Waals surface area contributed by atoms with Crippen LogP contribution < -0.4 is 24.8 Å². The molecule has 0 amide bonds. The van der Waals surface area contributed by atoms with Gasteiger partial charge in [0, 0.05) is 0 Å². The van der Waals surface area contributed by atoms with E-state index in [2.05, 4.69) is 181 Å². The number of hydrogen-bond donors (Lipinski definition) is 0. The summed E-state index contributed by atoms with van der Waals surface area (Å²) in [6, 6.07) is 46.7. The van der Waals surface area contributed by atoms with Crippen LogP contribution in [0.2, 0.25) is 0 Å². The number of hydrogen-bond acceptors (Lipinski definition) is 0. The minimum atomic E-state index is -2.38. The number of halogens is 2. The van der Waals surface area contributed by atoms with Crippen LogP contribution in [0.5, 0.6) is 0 Å². The van der Waals surface area contributed by atoms with Crippen molar-refractivity contribution < 1.29 is 42.2 Å². The molecule has 2 aliphatic rings. The molecule has 8 rings (SSSR count). The topological polar surface area (TPSA) is 0 Å². The van der Waals surface area contributed by atoms with E-state index in [1.165, 1.54) is 89.0 Å². The summed E-state index contributed by atoms with van der Waals surface area (Å²) < 4.78 is 3.50. The van der Waals surface area contributed by atoms with Crippen molar-refractivity contribution in [2.24, 2.45) is 0 Å². The predicted molar refractivity (Wildman–Crippen MR) is 211 cm³/mol. The molecule has 0 nitrogen and oxygen atoms in total. The molecule has 0 heterocycles. The second-order valence-electron chi connectivity index (χ2n) is 14.4. The van der Waals surface area contributed by atoms with Crippen molar-refractivity contribution >= 4 is 3.81 Å². The summed E-state index contributed by atoms with van der Waals surface area (Å²) in [5.41, 5.74) is 22.0. The second kappa shape index (κ2) is 15.5.